The molecule has 198 valence electrons. The molecule has 2 aromatic carbocycles. The summed E-state index contributed by atoms with van der Waals surface area (Å²) < 4.78 is 20.9. The molecule has 0 spiro atoms. The molecule has 37 heavy (non-hydrogen) atoms. The monoisotopic (exact) mass is 512 g/mol. The number of amides is 1. The van der Waals surface area contributed by atoms with E-state index in [1.807, 2.05) is 35.8 Å². The Balaban J connectivity index is 0.000000266. The Morgan fingerprint density at radius 2 is 2.00 bits per heavy atom. The molecule has 0 aliphatic carbocycles. The van der Waals surface area contributed by atoms with Gasteiger partial charge in [-0.2, -0.15) is 0 Å². The van der Waals surface area contributed by atoms with Crippen LogP contribution in [-0.4, -0.2) is 62.6 Å². The van der Waals surface area contributed by atoms with Crippen LogP contribution in [0.4, 0.5) is 4.39 Å². The van der Waals surface area contributed by atoms with Gasteiger partial charge in [-0.05, 0) is 41.8 Å². The molecule has 1 aliphatic heterocycles. The van der Waals surface area contributed by atoms with Gasteiger partial charge in [0, 0.05) is 24.5 Å². The minimum atomic E-state index is -1.18. The minimum Gasteiger partial charge on any atom is -0.396 e. The highest BCUT2D eigenvalue weighted by Crippen LogP contribution is 2.26. The van der Waals surface area contributed by atoms with Crippen molar-refractivity contribution in [1.29, 1.82) is 0 Å². The molecule has 1 amide bonds. The first kappa shape index (κ1) is 28.2. The van der Waals surface area contributed by atoms with Crippen molar-refractivity contribution in [3.63, 3.8) is 0 Å². The van der Waals surface area contributed by atoms with Gasteiger partial charge in [-0.25, -0.2) is 4.39 Å². The van der Waals surface area contributed by atoms with Gasteiger partial charge in [-0.1, -0.05) is 43.0 Å². The maximum Gasteiger partial charge on any atom is 0.250 e. The number of aliphatic hydroxyl groups is 4. The number of nitrogens with two attached hydrogens (primary N) is 1. The van der Waals surface area contributed by atoms with Gasteiger partial charge >= 0.3 is 0 Å². The third kappa shape index (κ3) is 6.71. The van der Waals surface area contributed by atoms with E-state index in [2.05, 4.69) is 12.6 Å². The Labute approximate surface area is 214 Å². The minimum absolute atomic E-state index is 0.201. The molecule has 1 saturated heterocycles. The third-order valence-corrected chi connectivity index (χ3v) is 6.34. The number of rotatable bonds is 7. The van der Waals surface area contributed by atoms with E-state index >= 15 is 0 Å². The largest absolute Gasteiger partial charge is 0.396 e. The van der Waals surface area contributed by atoms with Gasteiger partial charge in [-0.3, -0.25) is 4.79 Å². The maximum absolute atomic E-state index is 14.2. The lowest BCUT2D eigenvalue weighted by Crippen LogP contribution is -2.46. The molecule has 1 aliphatic rings. The van der Waals surface area contributed by atoms with Crippen LogP contribution in [0.2, 0.25) is 0 Å². The summed E-state index contributed by atoms with van der Waals surface area (Å²) in [5.74, 6) is -1.73. The Morgan fingerprint density at radius 3 is 2.62 bits per heavy atom. The summed E-state index contributed by atoms with van der Waals surface area (Å²) in [4.78, 5) is 11.7. The van der Waals surface area contributed by atoms with Gasteiger partial charge in [0.1, 0.15) is 5.82 Å². The van der Waals surface area contributed by atoms with Crippen LogP contribution in [0.1, 0.15) is 33.5 Å². The van der Waals surface area contributed by atoms with E-state index in [0.29, 0.717) is 12.1 Å². The van der Waals surface area contributed by atoms with E-state index in [4.69, 9.17) is 20.7 Å². The van der Waals surface area contributed by atoms with Crippen LogP contribution < -0.4 is 5.73 Å². The second-order valence-electron chi connectivity index (χ2n) is 8.94. The van der Waals surface area contributed by atoms with Crippen LogP contribution in [0, 0.1) is 18.7 Å². The Kier molecular flexibility index (Phi) is 9.73. The van der Waals surface area contributed by atoms with Gasteiger partial charge in [0.2, 0.25) is 0 Å². The van der Waals surface area contributed by atoms with Crippen LogP contribution in [0.25, 0.3) is 17.0 Å². The highest BCUT2D eigenvalue weighted by Gasteiger charge is 2.35. The summed E-state index contributed by atoms with van der Waals surface area (Å²) in [5, 5.41) is 36.2. The second-order valence-corrected chi connectivity index (χ2v) is 8.94. The number of aliphatic hydroxyl groups excluding tert-OH is 4. The Morgan fingerprint density at radius 1 is 1.24 bits per heavy atom. The van der Waals surface area contributed by atoms with Crippen molar-refractivity contribution in [2.45, 2.75) is 38.4 Å². The van der Waals surface area contributed by atoms with Gasteiger partial charge in [0.15, 0.2) is 6.29 Å². The number of carbonyl (C=O) groups is 1. The van der Waals surface area contributed by atoms with Crippen molar-refractivity contribution >= 4 is 22.9 Å². The number of aromatic nitrogens is 1. The van der Waals surface area contributed by atoms with E-state index in [-0.39, 0.29) is 30.6 Å². The van der Waals surface area contributed by atoms with Gasteiger partial charge in [-0.15, -0.1) is 0 Å². The molecule has 2 heterocycles. The molecule has 3 aromatic rings. The molecule has 0 radical (unpaired) electrons. The normalized spacial score (nSPS) is 21.6. The molecule has 1 aromatic heterocycles. The van der Waals surface area contributed by atoms with Gasteiger partial charge in [0.05, 0.1) is 42.4 Å². The number of benzene rings is 2. The number of fused-ring (bicyclic) bond motifs is 1. The lowest BCUT2D eigenvalue weighted by atomic mass is 9.94. The van der Waals surface area contributed by atoms with Crippen molar-refractivity contribution in [1.82, 2.24) is 4.57 Å². The zero-order valence-corrected chi connectivity index (χ0v) is 20.6. The second kappa shape index (κ2) is 12.8. The van der Waals surface area contributed by atoms with Crippen LogP contribution >= 0.6 is 0 Å². The molecule has 9 heteroatoms. The van der Waals surface area contributed by atoms with Crippen molar-refractivity contribution in [2.24, 2.45) is 11.7 Å². The molecule has 4 rings (SSSR count). The highest BCUT2D eigenvalue weighted by molar-refractivity contribution is 6.06. The first-order valence-corrected chi connectivity index (χ1v) is 11.9. The number of hydrogen-bond donors (Lipinski definition) is 5. The van der Waals surface area contributed by atoms with Crippen LogP contribution in [0.5, 0.6) is 0 Å². The number of ether oxygens (including phenoxy) is 1. The summed E-state index contributed by atoms with van der Waals surface area (Å²) in [6, 6.07) is 10.9. The zero-order valence-electron chi connectivity index (χ0n) is 20.6. The fourth-order valence-electron chi connectivity index (χ4n) is 4.28. The number of primary amides is 1. The summed E-state index contributed by atoms with van der Waals surface area (Å²) in [5.41, 5.74) is 9.56. The number of allylic oxidation sites excluding steroid dienone is 2. The summed E-state index contributed by atoms with van der Waals surface area (Å²) in [6.45, 7) is 5.69. The SMILES string of the molecule is C=C/C=C\c1cc(Cn2cc(C(N)=O)c3c(F)cccc32)ccc1C.OCC1CC(O)C(CO)C(O)O1. The number of halogens is 1. The van der Waals surface area contributed by atoms with Crippen LogP contribution in [0.15, 0.2) is 61.3 Å². The summed E-state index contributed by atoms with van der Waals surface area (Å²) in [7, 11) is 0. The topological polar surface area (TPSA) is 138 Å². The average Bonchev–Trinajstić information content (AvgIpc) is 3.24. The van der Waals surface area contributed by atoms with Crippen molar-refractivity contribution < 1.29 is 34.3 Å². The molecule has 4 unspecified atom stereocenters. The first-order valence-electron chi connectivity index (χ1n) is 11.9. The van der Waals surface area contributed by atoms with Crippen molar-refractivity contribution in [3.8, 4) is 0 Å². The standard InChI is InChI=1S/C21H19FN2O.C7H14O5/c1-3-4-6-16-11-15(10-9-14(16)2)12-24-13-17(21(23)25)20-18(22)7-5-8-19(20)24;8-2-4-1-6(10)5(3-9)7(11)12-4/h3-11,13H,1,12H2,2H3,(H2,23,25);4-11H,1-3H2/b6-4-;. The Bertz CT molecular complexity index is 1260. The number of carbonyl (C=O) groups excluding carboxylic acids is 1. The van der Waals surface area contributed by atoms with Crippen molar-refractivity contribution in [2.75, 3.05) is 13.2 Å². The molecule has 0 saturated carbocycles. The van der Waals surface area contributed by atoms with E-state index in [1.54, 1.807) is 24.4 Å². The lowest BCUT2D eigenvalue weighted by Gasteiger charge is -2.35. The predicted molar refractivity (Wildman–Crippen MR) is 139 cm³/mol. The van der Waals surface area contributed by atoms with Gasteiger partial charge in [0.25, 0.3) is 5.91 Å². The maximum atomic E-state index is 14.2. The van der Waals surface area contributed by atoms with Crippen LogP contribution in [0.3, 0.4) is 0 Å². The number of hydrogen-bond acceptors (Lipinski definition) is 6. The average molecular weight is 513 g/mol. The van der Waals surface area contributed by atoms with E-state index in [9.17, 15) is 19.4 Å². The van der Waals surface area contributed by atoms with E-state index in [0.717, 1.165) is 16.7 Å². The molecule has 4 atom stereocenters. The predicted octanol–water partition coefficient (Wildman–Crippen LogP) is 2.49. The first-order chi connectivity index (χ1) is 17.7. The van der Waals surface area contributed by atoms with Crippen molar-refractivity contribution in [3.05, 3.63) is 89.4 Å². The molecular weight excluding hydrogens is 479 g/mol. The van der Waals surface area contributed by atoms with E-state index < -0.39 is 36.1 Å². The third-order valence-electron chi connectivity index (χ3n) is 6.34. The molecule has 8 nitrogen and oxygen atoms in total. The fraction of sp³-hybridized carbons (Fsp3) is 0.321. The molecule has 0 bridgehead atoms. The lowest BCUT2D eigenvalue weighted by molar-refractivity contribution is -0.237. The molecular formula is C28H33FN2O6. The number of aryl methyl sites for hydroxylation is 1. The summed E-state index contributed by atoms with van der Waals surface area (Å²) in [6.07, 6.45) is 4.96. The Hall–Kier alpha value is -3.34. The fourth-order valence-corrected chi connectivity index (χ4v) is 4.28. The molecule has 1 fully saturated rings. The van der Waals surface area contributed by atoms with E-state index in [1.165, 1.54) is 6.07 Å². The number of nitrogens with zero attached hydrogens (tertiary/aromatic N) is 1. The highest BCUT2D eigenvalue weighted by atomic mass is 19.1. The van der Waals surface area contributed by atoms with Gasteiger partial charge < -0.3 is 35.5 Å². The van der Waals surface area contributed by atoms with Crippen LogP contribution in [-0.2, 0) is 11.3 Å². The quantitative estimate of drug-likeness (QED) is 0.309. The zero-order chi connectivity index (χ0) is 27.1. The molecule has 6 N–H and O–H groups in total. The summed E-state index contributed by atoms with van der Waals surface area (Å²) >= 11 is 0. The smallest absolute Gasteiger partial charge is 0.250 e.